The summed E-state index contributed by atoms with van der Waals surface area (Å²) in [6.07, 6.45) is 0.368. The van der Waals surface area contributed by atoms with Gasteiger partial charge in [-0.2, -0.15) is 0 Å². The van der Waals surface area contributed by atoms with Crippen LogP contribution in [-0.4, -0.2) is 55.9 Å². The molecule has 118 valence electrons. The summed E-state index contributed by atoms with van der Waals surface area (Å²) in [5, 5.41) is 0. The number of carbonyl (C=O) groups is 2. The molecule has 0 aliphatic carbocycles. The Labute approximate surface area is 125 Å². The molecule has 0 fully saturated rings. The van der Waals surface area contributed by atoms with Crippen LogP contribution in [-0.2, 0) is 9.59 Å². The van der Waals surface area contributed by atoms with E-state index in [1.165, 1.54) is 0 Å². The van der Waals surface area contributed by atoms with Crippen molar-refractivity contribution in [2.45, 2.75) is 59.3 Å². The van der Waals surface area contributed by atoms with E-state index in [4.69, 9.17) is 0 Å². The topological polar surface area (TPSA) is 40.6 Å². The summed E-state index contributed by atoms with van der Waals surface area (Å²) >= 11 is 0. The van der Waals surface area contributed by atoms with E-state index in [1.807, 2.05) is 37.5 Å². The Kier molecular flexibility index (Phi) is 8.09. The van der Waals surface area contributed by atoms with Gasteiger partial charge in [0.1, 0.15) is 0 Å². The van der Waals surface area contributed by atoms with Crippen molar-refractivity contribution in [2.24, 2.45) is 0 Å². The van der Waals surface area contributed by atoms with Gasteiger partial charge in [-0.1, -0.05) is 19.6 Å². The van der Waals surface area contributed by atoms with E-state index in [9.17, 15) is 9.59 Å². The van der Waals surface area contributed by atoms with Crippen LogP contribution < -0.4 is 0 Å². The fourth-order valence-corrected chi connectivity index (χ4v) is 4.11. The maximum Gasteiger partial charge on any atom is 0.223 e. The molecule has 0 bridgehead atoms. The van der Waals surface area contributed by atoms with E-state index in [2.05, 4.69) is 19.6 Å². The highest BCUT2D eigenvalue weighted by atomic mass is 28.3. The van der Waals surface area contributed by atoms with Crippen molar-refractivity contribution in [3.63, 3.8) is 0 Å². The number of carbonyl (C=O) groups excluding carboxylic acids is 2. The molecule has 4 nitrogen and oxygen atoms in total. The maximum absolute atomic E-state index is 12.7. The highest BCUT2D eigenvalue weighted by Crippen LogP contribution is 2.28. The second-order valence-electron chi connectivity index (χ2n) is 6.20. The molecule has 0 spiro atoms. The average molecular weight is 301 g/mol. The minimum atomic E-state index is -1.72. The van der Waals surface area contributed by atoms with Crippen molar-refractivity contribution >= 4 is 19.9 Å². The number of hydrogen-bond donors (Lipinski definition) is 0. The van der Waals surface area contributed by atoms with Crippen molar-refractivity contribution in [1.29, 1.82) is 0 Å². The first-order chi connectivity index (χ1) is 9.22. The highest BCUT2D eigenvalue weighted by molar-refractivity contribution is 6.80. The largest absolute Gasteiger partial charge is 0.343 e. The van der Waals surface area contributed by atoms with Crippen LogP contribution >= 0.6 is 0 Å². The number of hydrogen-bond acceptors (Lipinski definition) is 2. The van der Waals surface area contributed by atoms with Gasteiger partial charge in [-0.15, -0.1) is 0 Å². The van der Waals surface area contributed by atoms with Gasteiger partial charge < -0.3 is 9.80 Å². The second-order valence-corrected chi connectivity index (χ2v) is 11.6. The molecule has 0 rings (SSSR count). The van der Waals surface area contributed by atoms with E-state index >= 15 is 0 Å². The molecule has 1 atom stereocenters. The minimum absolute atomic E-state index is 0.114. The standard InChI is InChI=1S/C15H32N2O2Si/c1-8-16(9-2)14(18)12-13(20(5,6)7)15(19)17(10-3)11-4/h13H,8-12H2,1-7H3. The summed E-state index contributed by atoms with van der Waals surface area (Å²) in [7, 11) is -1.72. The van der Waals surface area contributed by atoms with Crippen molar-refractivity contribution in [2.75, 3.05) is 26.2 Å². The summed E-state index contributed by atoms with van der Waals surface area (Å²) in [4.78, 5) is 28.7. The number of amides is 2. The normalized spacial score (nSPS) is 12.9. The molecule has 0 saturated heterocycles. The van der Waals surface area contributed by atoms with E-state index < -0.39 is 8.07 Å². The number of rotatable bonds is 8. The third kappa shape index (κ3) is 5.27. The van der Waals surface area contributed by atoms with Crippen LogP contribution in [0.25, 0.3) is 0 Å². The van der Waals surface area contributed by atoms with Gasteiger partial charge in [-0.3, -0.25) is 9.59 Å². The van der Waals surface area contributed by atoms with Gasteiger partial charge in [0, 0.05) is 38.1 Å². The van der Waals surface area contributed by atoms with Crippen molar-refractivity contribution in [3.8, 4) is 0 Å². The number of nitrogens with zero attached hydrogens (tertiary/aromatic N) is 2. The molecule has 2 amide bonds. The Bertz CT molecular complexity index is 318. The molecule has 20 heavy (non-hydrogen) atoms. The first kappa shape index (κ1) is 19.2. The summed E-state index contributed by atoms with van der Waals surface area (Å²) < 4.78 is 0. The van der Waals surface area contributed by atoms with Crippen LogP contribution in [0.3, 0.4) is 0 Å². The van der Waals surface area contributed by atoms with Crippen LogP contribution in [0.2, 0.25) is 25.2 Å². The molecule has 0 radical (unpaired) electrons. The van der Waals surface area contributed by atoms with E-state index in [1.54, 1.807) is 0 Å². The Hall–Kier alpha value is -0.843. The molecule has 5 heteroatoms. The molecule has 0 aromatic heterocycles. The van der Waals surface area contributed by atoms with Crippen molar-refractivity contribution in [3.05, 3.63) is 0 Å². The van der Waals surface area contributed by atoms with E-state index in [0.717, 1.165) is 13.1 Å². The zero-order valence-electron chi connectivity index (χ0n) is 14.3. The molecule has 0 heterocycles. The van der Waals surface area contributed by atoms with Crippen LogP contribution in [0.5, 0.6) is 0 Å². The van der Waals surface area contributed by atoms with Gasteiger partial charge in [-0.05, 0) is 27.7 Å². The lowest BCUT2D eigenvalue weighted by atomic mass is 10.2. The lowest BCUT2D eigenvalue weighted by molar-refractivity contribution is -0.136. The molecule has 0 N–H and O–H groups in total. The Morgan fingerprint density at radius 1 is 0.850 bits per heavy atom. The molecule has 0 saturated carbocycles. The highest BCUT2D eigenvalue weighted by Gasteiger charge is 2.37. The molecule has 0 aliphatic heterocycles. The van der Waals surface area contributed by atoms with Crippen molar-refractivity contribution in [1.82, 2.24) is 9.80 Å². The second kappa shape index (κ2) is 8.45. The zero-order valence-corrected chi connectivity index (χ0v) is 15.3. The molecule has 0 aromatic rings. The Morgan fingerprint density at radius 2 is 1.25 bits per heavy atom. The molecule has 1 unspecified atom stereocenters. The van der Waals surface area contributed by atoms with Gasteiger partial charge >= 0.3 is 0 Å². The predicted molar refractivity (Wildman–Crippen MR) is 87.6 cm³/mol. The van der Waals surface area contributed by atoms with Gasteiger partial charge in [0.15, 0.2) is 0 Å². The lowest BCUT2D eigenvalue weighted by Crippen LogP contribution is -2.45. The minimum Gasteiger partial charge on any atom is -0.343 e. The third-order valence-corrected chi connectivity index (χ3v) is 6.46. The summed E-state index contributed by atoms with van der Waals surface area (Å²) in [6, 6.07) is 0. The van der Waals surface area contributed by atoms with Gasteiger partial charge in [0.05, 0.1) is 8.07 Å². The lowest BCUT2D eigenvalue weighted by Gasteiger charge is -2.33. The monoisotopic (exact) mass is 300 g/mol. The van der Waals surface area contributed by atoms with Crippen LogP contribution in [0, 0.1) is 0 Å². The molecule has 0 aromatic carbocycles. The first-order valence-corrected chi connectivity index (χ1v) is 11.4. The smallest absolute Gasteiger partial charge is 0.223 e. The average Bonchev–Trinajstić information content (AvgIpc) is 2.37. The molecule has 0 aliphatic rings. The predicted octanol–water partition coefficient (Wildman–Crippen LogP) is 2.82. The summed E-state index contributed by atoms with van der Waals surface area (Å²) in [6.45, 7) is 17.3. The fourth-order valence-electron chi connectivity index (χ4n) is 2.40. The Morgan fingerprint density at radius 3 is 1.55 bits per heavy atom. The van der Waals surface area contributed by atoms with Gasteiger partial charge in [0.2, 0.25) is 11.8 Å². The summed E-state index contributed by atoms with van der Waals surface area (Å²) in [5.74, 6) is 0.276. The fraction of sp³-hybridized carbons (Fsp3) is 0.867. The van der Waals surface area contributed by atoms with Crippen molar-refractivity contribution < 1.29 is 9.59 Å². The van der Waals surface area contributed by atoms with Gasteiger partial charge in [0.25, 0.3) is 0 Å². The van der Waals surface area contributed by atoms with Crippen LogP contribution in [0.1, 0.15) is 34.1 Å². The Balaban J connectivity index is 5.10. The van der Waals surface area contributed by atoms with E-state index in [-0.39, 0.29) is 17.4 Å². The van der Waals surface area contributed by atoms with Crippen LogP contribution in [0.4, 0.5) is 0 Å². The molecular formula is C15H32N2O2Si. The zero-order chi connectivity index (χ0) is 15.9. The summed E-state index contributed by atoms with van der Waals surface area (Å²) in [5.41, 5.74) is -0.115. The molecular weight excluding hydrogens is 268 g/mol. The maximum atomic E-state index is 12.7. The third-order valence-electron chi connectivity index (χ3n) is 3.91. The van der Waals surface area contributed by atoms with Crippen LogP contribution in [0.15, 0.2) is 0 Å². The SMILES string of the molecule is CCN(CC)C(=O)CC(C(=O)N(CC)CC)[Si](C)(C)C. The quantitative estimate of drug-likeness (QED) is 0.647. The first-order valence-electron chi connectivity index (χ1n) is 7.79. The van der Waals surface area contributed by atoms with Gasteiger partial charge in [-0.25, -0.2) is 0 Å². The van der Waals surface area contributed by atoms with E-state index in [0.29, 0.717) is 19.5 Å².